The van der Waals surface area contributed by atoms with Crippen LogP contribution in [0.3, 0.4) is 0 Å². The zero-order chi connectivity index (χ0) is 12.3. The molecular formula is C11H8BrCl2N3. The van der Waals surface area contributed by atoms with Gasteiger partial charge in [0.15, 0.2) is 0 Å². The van der Waals surface area contributed by atoms with Crippen molar-refractivity contribution in [3.05, 3.63) is 50.8 Å². The van der Waals surface area contributed by atoms with E-state index in [0.717, 1.165) is 15.1 Å². The lowest BCUT2D eigenvalue weighted by Gasteiger charge is -2.08. The molecule has 0 atom stereocenters. The van der Waals surface area contributed by atoms with Crippen molar-refractivity contribution in [2.75, 3.05) is 5.32 Å². The third-order valence-corrected chi connectivity index (χ3v) is 3.25. The van der Waals surface area contributed by atoms with Gasteiger partial charge in [-0.3, -0.25) is 0 Å². The molecule has 0 aliphatic carbocycles. The Bertz CT molecular complexity index is 534. The Hall–Kier alpha value is -0.840. The van der Waals surface area contributed by atoms with E-state index in [1.54, 1.807) is 6.20 Å². The highest BCUT2D eigenvalue weighted by atomic mass is 79.9. The third kappa shape index (κ3) is 3.31. The predicted octanol–water partition coefficient (Wildman–Crippen LogP) is 4.16. The van der Waals surface area contributed by atoms with Gasteiger partial charge in [0, 0.05) is 17.8 Å². The van der Waals surface area contributed by atoms with Crippen molar-refractivity contribution in [3.63, 3.8) is 0 Å². The Balaban J connectivity index is 2.12. The maximum absolute atomic E-state index is 6.05. The lowest BCUT2D eigenvalue weighted by Crippen LogP contribution is -2.03. The lowest BCUT2D eigenvalue weighted by molar-refractivity contribution is 1.07. The van der Waals surface area contributed by atoms with Crippen molar-refractivity contribution < 1.29 is 0 Å². The fourth-order valence-electron chi connectivity index (χ4n) is 1.29. The first kappa shape index (κ1) is 12.6. The minimum Gasteiger partial charge on any atom is -0.365 e. The smallest absolute Gasteiger partial charge is 0.224 e. The highest BCUT2D eigenvalue weighted by Gasteiger charge is 2.04. The second-order valence-corrected chi connectivity index (χ2v) is 4.88. The second kappa shape index (κ2) is 5.67. The first-order chi connectivity index (χ1) is 8.16. The summed E-state index contributed by atoms with van der Waals surface area (Å²) in [6.07, 6.45) is 1.60. The molecule has 0 aliphatic heterocycles. The highest BCUT2D eigenvalue weighted by Crippen LogP contribution is 2.22. The van der Waals surface area contributed by atoms with Crippen molar-refractivity contribution in [2.24, 2.45) is 0 Å². The van der Waals surface area contributed by atoms with E-state index in [-0.39, 0.29) is 5.28 Å². The molecule has 88 valence electrons. The molecule has 0 spiro atoms. The number of rotatable bonds is 3. The van der Waals surface area contributed by atoms with Crippen LogP contribution in [-0.2, 0) is 6.54 Å². The Morgan fingerprint density at radius 1 is 1.24 bits per heavy atom. The largest absolute Gasteiger partial charge is 0.365 e. The van der Waals surface area contributed by atoms with Gasteiger partial charge in [0.2, 0.25) is 5.28 Å². The van der Waals surface area contributed by atoms with Crippen molar-refractivity contribution in [1.29, 1.82) is 0 Å². The Kier molecular flexibility index (Phi) is 4.20. The minimum atomic E-state index is 0.204. The summed E-state index contributed by atoms with van der Waals surface area (Å²) in [6, 6.07) is 7.63. The molecule has 0 amide bonds. The van der Waals surface area contributed by atoms with Gasteiger partial charge in [-0.1, -0.05) is 29.8 Å². The van der Waals surface area contributed by atoms with E-state index in [9.17, 15) is 0 Å². The normalized spacial score (nSPS) is 10.3. The molecule has 0 fully saturated rings. The number of hydrogen-bond acceptors (Lipinski definition) is 3. The van der Waals surface area contributed by atoms with E-state index < -0.39 is 0 Å². The van der Waals surface area contributed by atoms with E-state index >= 15 is 0 Å². The highest BCUT2D eigenvalue weighted by molar-refractivity contribution is 9.10. The standard InChI is InChI=1S/C11H8BrCl2N3/c12-8-6-16-11(14)17-10(8)15-5-7-3-1-2-4-9(7)13/h1-4,6H,5H2,(H,15,16,17). The van der Waals surface area contributed by atoms with E-state index in [0.29, 0.717) is 12.4 Å². The molecule has 1 heterocycles. The van der Waals surface area contributed by atoms with E-state index in [1.807, 2.05) is 24.3 Å². The molecule has 6 heteroatoms. The van der Waals surface area contributed by atoms with Gasteiger partial charge in [0.05, 0.1) is 4.47 Å². The van der Waals surface area contributed by atoms with E-state index in [2.05, 4.69) is 31.2 Å². The van der Waals surface area contributed by atoms with Crippen LogP contribution in [0.4, 0.5) is 5.82 Å². The molecule has 1 N–H and O–H groups in total. The summed E-state index contributed by atoms with van der Waals surface area (Å²) in [5, 5.41) is 4.07. The average molecular weight is 333 g/mol. The topological polar surface area (TPSA) is 37.8 Å². The maximum atomic E-state index is 6.05. The quantitative estimate of drug-likeness (QED) is 0.858. The van der Waals surface area contributed by atoms with Crippen molar-refractivity contribution >= 4 is 44.9 Å². The summed E-state index contributed by atoms with van der Waals surface area (Å²) in [5.74, 6) is 0.643. The number of nitrogens with one attached hydrogen (secondary N) is 1. The molecule has 1 aromatic carbocycles. The number of aromatic nitrogens is 2. The Morgan fingerprint density at radius 3 is 2.76 bits per heavy atom. The Labute approximate surface area is 117 Å². The molecule has 0 aliphatic rings. The number of halogens is 3. The summed E-state index contributed by atoms with van der Waals surface area (Å²) in [6.45, 7) is 0.575. The van der Waals surface area contributed by atoms with Gasteiger partial charge in [-0.25, -0.2) is 4.98 Å². The first-order valence-corrected chi connectivity index (χ1v) is 6.37. The summed E-state index contributed by atoms with van der Waals surface area (Å²) in [7, 11) is 0. The predicted molar refractivity (Wildman–Crippen MR) is 73.5 cm³/mol. The molecule has 0 saturated heterocycles. The van der Waals surface area contributed by atoms with Crippen LogP contribution in [0, 0.1) is 0 Å². The molecule has 1 aromatic heterocycles. The van der Waals surface area contributed by atoms with Gasteiger partial charge in [-0.05, 0) is 39.2 Å². The van der Waals surface area contributed by atoms with Crippen LogP contribution in [0.2, 0.25) is 10.3 Å². The zero-order valence-corrected chi connectivity index (χ0v) is 11.7. The van der Waals surface area contributed by atoms with Crippen LogP contribution in [0.25, 0.3) is 0 Å². The van der Waals surface area contributed by atoms with Gasteiger partial charge >= 0.3 is 0 Å². The molecule has 17 heavy (non-hydrogen) atoms. The zero-order valence-electron chi connectivity index (χ0n) is 8.62. The second-order valence-electron chi connectivity index (χ2n) is 3.28. The molecule has 2 aromatic rings. The van der Waals surface area contributed by atoms with Gasteiger partial charge in [-0.15, -0.1) is 0 Å². The molecule has 0 radical (unpaired) electrons. The van der Waals surface area contributed by atoms with Crippen LogP contribution in [0.15, 0.2) is 34.9 Å². The molecule has 2 rings (SSSR count). The molecule has 0 unspecified atom stereocenters. The maximum Gasteiger partial charge on any atom is 0.224 e. The summed E-state index contributed by atoms with van der Waals surface area (Å²) in [5.41, 5.74) is 0.996. The Morgan fingerprint density at radius 2 is 2.00 bits per heavy atom. The lowest BCUT2D eigenvalue weighted by atomic mass is 10.2. The van der Waals surface area contributed by atoms with Crippen LogP contribution in [0.5, 0.6) is 0 Å². The van der Waals surface area contributed by atoms with E-state index in [4.69, 9.17) is 23.2 Å². The fourth-order valence-corrected chi connectivity index (χ4v) is 1.96. The van der Waals surface area contributed by atoms with Crippen molar-refractivity contribution in [1.82, 2.24) is 9.97 Å². The third-order valence-electron chi connectivity index (χ3n) is 2.12. The minimum absolute atomic E-state index is 0.204. The SMILES string of the molecule is Clc1ncc(Br)c(NCc2ccccc2Cl)n1. The van der Waals surface area contributed by atoms with Gasteiger partial charge in [0.25, 0.3) is 0 Å². The van der Waals surface area contributed by atoms with Gasteiger partial charge in [-0.2, -0.15) is 4.98 Å². The van der Waals surface area contributed by atoms with Crippen LogP contribution in [-0.4, -0.2) is 9.97 Å². The van der Waals surface area contributed by atoms with Crippen molar-refractivity contribution in [3.8, 4) is 0 Å². The van der Waals surface area contributed by atoms with Crippen molar-refractivity contribution in [2.45, 2.75) is 6.54 Å². The molecule has 0 bridgehead atoms. The van der Waals surface area contributed by atoms with E-state index in [1.165, 1.54) is 0 Å². The van der Waals surface area contributed by atoms with Crippen LogP contribution in [0.1, 0.15) is 5.56 Å². The number of benzene rings is 1. The first-order valence-electron chi connectivity index (χ1n) is 4.82. The summed E-state index contributed by atoms with van der Waals surface area (Å²) in [4.78, 5) is 7.92. The number of anilines is 1. The summed E-state index contributed by atoms with van der Waals surface area (Å²) >= 11 is 15.1. The number of hydrogen-bond donors (Lipinski definition) is 1. The van der Waals surface area contributed by atoms with Crippen LogP contribution >= 0.6 is 39.1 Å². The summed E-state index contributed by atoms with van der Waals surface area (Å²) < 4.78 is 0.758. The molecule has 3 nitrogen and oxygen atoms in total. The monoisotopic (exact) mass is 331 g/mol. The van der Waals surface area contributed by atoms with Gasteiger partial charge in [0.1, 0.15) is 5.82 Å². The molecule has 0 saturated carbocycles. The van der Waals surface area contributed by atoms with Gasteiger partial charge < -0.3 is 5.32 Å². The average Bonchev–Trinajstić information content (AvgIpc) is 2.32. The number of nitrogens with zero attached hydrogens (tertiary/aromatic N) is 2. The van der Waals surface area contributed by atoms with Crippen LogP contribution < -0.4 is 5.32 Å². The molecular weight excluding hydrogens is 325 g/mol. The fraction of sp³-hybridized carbons (Fsp3) is 0.0909.